The van der Waals surface area contributed by atoms with Crippen LogP contribution in [-0.4, -0.2) is 37.2 Å². The van der Waals surface area contributed by atoms with Gasteiger partial charge in [0.15, 0.2) is 11.5 Å². The van der Waals surface area contributed by atoms with E-state index < -0.39 is 17.8 Å². The molecule has 35 heavy (non-hydrogen) atoms. The maximum Gasteiger partial charge on any atom is 0.343 e. The summed E-state index contributed by atoms with van der Waals surface area (Å²) in [5, 5.41) is 6.29. The zero-order valence-electron chi connectivity index (χ0n) is 19.3. The Morgan fingerprint density at radius 2 is 1.54 bits per heavy atom. The number of anilines is 1. The number of hydrazone groups is 1. The average Bonchev–Trinajstić information content (AvgIpc) is 2.87. The second kappa shape index (κ2) is 12.5. The maximum absolute atomic E-state index is 12.3. The van der Waals surface area contributed by atoms with E-state index >= 15 is 0 Å². The molecule has 2 amide bonds. The third-order valence-corrected chi connectivity index (χ3v) is 4.49. The molecule has 0 aliphatic heterocycles. The van der Waals surface area contributed by atoms with Crippen LogP contribution in [-0.2, 0) is 9.59 Å². The normalized spacial score (nSPS) is 10.5. The van der Waals surface area contributed by atoms with E-state index in [9.17, 15) is 14.4 Å². The first kappa shape index (κ1) is 25.0. The maximum atomic E-state index is 12.3. The van der Waals surface area contributed by atoms with Crippen LogP contribution in [0.15, 0.2) is 77.9 Å². The summed E-state index contributed by atoms with van der Waals surface area (Å²) in [4.78, 5) is 36.5. The molecule has 0 saturated carbocycles. The monoisotopic (exact) mass is 475 g/mol. The van der Waals surface area contributed by atoms with Crippen molar-refractivity contribution in [2.45, 2.75) is 13.8 Å². The van der Waals surface area contributed by atoms with Crippen molar-refractivity contribution < 1.29 is 28.6 Å². The summed E-state index contributed by atoms with van der Waals surface area (Å²) in [5.41, 5.74) is 3.58. The zero-order valence-corrected chi connectivity index (χ0v) is 19.3. The quantitative estimate of drug-likeness (QED) is 0.160. The van der Waals surface area contributed by atoms with Crippen LogP contribution in [0.5, 0.6) is 17.2 Å². The van der Waals surface area contributed by atoms with Crippen molar-refractivity contribution in [2.24, 2.45) is 5.10 Å². The lowest BCUT2D eigenvalue weighted by atomic mass is 10.2. The summed E-state index contributed by atoms with van der Waals surface area (Å²) in [6, 6.07) is 20.0. The third-order valence-electron chi connectivity index (χ3n) is 4.49. The predicted octanol–water partition coefficient (Wildman–Crippen LogP) is 3.79. The van der Waals surface area contributed by atoms with Crippen molar-refractivity contribution in [3.8, 4) is 17.2 Å². The Morgan fingerprint density at radius 3 is 2.23 bits per heavy atom. The van der Waals surface area contributed by atoms with Crippen molar-refractivity contribution in [1.82, 2.24) is 5.43 Å². The van der Waals surface area contributed by atoms with Crippen LogP contribution in [0.4, 0.5) is 5.69 Å². The lowest BCUT2D eigenvalue weighted by Gasteiger charge is -2.11. The molecule has 3 rings (SSSR count). The number of hydrogen-bond donors (Lipinski definition) is 2. The Bertz CT molecular complexity index is 1190. The van der Waals surface area contributed by atoms with Crippen molar-refractivity contribution in [2.75, 3.05) is 18.5 Å². The second-order valence-corrected chi connectivity index (χ2v) is 7.01. The fourth-order valence-electron chi connectivity index (χ4n) is 2.90. The van der Waals surface area contributed by atoms with E-state index in [0.29, 0.717) is 41.5 Å². The second-order valence-electron chi connectivity index (χ2n) is 7.01. The topological polar surface area (TPSA) is 115 Å². The van der Waals surface area contributed by atoms with Gasteiger partial charge in [-0.25, -0.2) is 10.2 Å². The Hall–Kier alpha value is -4.66. The molecule has 0 aromatic heterocycles. The van der Waals surface area contributed by atoms with Gasteiger partial charge >= 0.3 is 17.8 Å². The molecule has 9 nitrogen and oxygen atoms in total. The fourth-order valence-corrected chi connectivity index (χ4v) is 2.90. The van der Waals surface area contributed by atoms with E-state index in [1.165, 1.54) is 6.21 Å². The molecule has 0 fully saturated rings. The summed E-state index contributed by atoms with van der Waals surface area (Å²) >= 11 is 0. The van der Waals surface area contributed by atoms with Crippen LogP contribution >= 0.6 is 0 Å². The van der Waals surface area contributed by atoms with Crippen molar-refractivity contribution in [1.29, 1.82) is 0 Å². The van der Waals surface area contributed by atoms with Gasteiger partial charge in [0, 0.05) is 5.69 Å². The number of amides is 2. The summed E-state index contributed by atoms with van der Waals surface area (Å²) in [7, 11) is 0. The molecule has 0 aliphatic carbocycles. The van der Waals surface area contributed by atoms with E-state index in [2.05, 4.69) is 15.8 Å². The number of nitrogens with zero attached hydrogens (tertiary/aromatic N) is 1. The lowest BCUT2D eigenvalue weighted by Crippen LogP contribution is -2.32. The largest absolute Gasteiger partial charge is 0.494 e. The molecular formula is C26H25N3O6. The molecule has 0 radical (unpaired) electrons. The van der Waals surface area contributed by atoms with E-state index in [4.69, 9.17) is 14.2 Å². The van der Waals surface area contributed by atoms with Crippen LogP contribution in [0.1, 0.15) is 29.8 Å². The molecule has 0 bridgehead atoms. The smallest absolute Gasteiger partial charge is 0.343 e. The van der Waals surface area contributed by atoms with Crippen LogP contribution in [0.25, 0.3) is 0 Å². The van der Waals surface area contributed by atoms with Crippen LogP contribution in [0.3, 0.4) is 0 Å². The van der Waals surface area contributed by atoms with Crippen LogP contribution in [0, 0.1) is 0 Å². The standard InChI is InChI=1S/C26H25N3O6/c1-3-33-21-13-11-20(12-14-21)28-24(30)25(31)29-27-17-18-10-15-22(23(16-18)34-4-2)35-26(32)19-8-6-5-7-9-19/h5-17H,3-4H2,1-2H3,(H,28,30)(H,29,31)/b27-17+. The van der Waals surface area contributed by atoms with Crippen LogP contribution < -0.4 is 25.0 Å². The molecule has 0 aliphatic rings. The summed E-state index contributed by atoms with van der Waals surface area (Å²) in [5.74, 6) is -1.08. The minimum absolute atomic E-state index is 0.247. The molecule has 9 heteroatoms. The predicted molar refractivity (Wildman–Crippen MR) is 131 cm³/mol. The van der Waals surface area contributed by atoms with Crippen molar-refractivity contribution in [3.63, 3.8) is 0 Å². The van der Waals surface area contributed by atoms with Gasteiger partial charge in [-0.3, -0.25) is 9.59 Å². The SMILES string of the molecule is CCOc1ccc(NC(=O)C(=O)N/N=C/c2ccc(OC(=O)c3ccccc3)c(OCC)c2)cc1. The number of rotatable bonds is 9. The molecule has 3 aromatic rings. The van der Waals surface area contributed by atoms with Gasteiger partial charge in [0.2, 0.25) is 0 Å². The Morgan fingerprint density at radius 1 is 0.829 bits per heavy atom. The summed E-state index contributed by atoms with van der Waals surface area (Å²) < 4.78 is 16.4. The first-order chi connectivity index (χ1) is 17.0. The minimum atomic E-state index is -0.937. The van der Waals surface area contributed by atoms with Gasteiger partial charge in [-0.2, -0.15) is 5.10 Å². The number of esters is 1. The molecule has 0 atom stereocenters. The number of nitrogens with one attached hydrogen (secondary N) is 2. The Kier molecular flexibility index (Phi) is 8.95. The van der Waals surface area contributed by atoms with Gasteiger partial charge < -0.3 is 19.5 Å². The minimum Gasteiger partial charge on any atom is -0.494 e. The molecule has 0 saturated heterocycles. The summed E-state index contributed by atoms with van der Waals surface area (Å²) in [6.45, 7) is 4.54. The van der Waals surface area contributed by atoms with E-state index in [-0.39, 0.29) is 5.75 Å². The highest BCUT2D eigenvalue weighted by molar-refractivity contribution is 6.39. The van der Waals surface area contributed by atoms with E-state index in [1.54, 1.807) is 79.7 Å². The van der Waals surface area contributed by atoms with Gasteiger partial charge in [0.25, 0.3) is 0 Å². The number of carbonyl (C=O) groups excluding carboxylic acids is 3. The third kappa shape index (κ3) is 7.43. The fraction of sp³-hybridized carbons (Fsp3) is 0.154. The van der Waals surface area contributed by atoms with Gasteiger partial charge in [-0.1, -0.05) is 18.2 Å². The molecule has 2 N–H and O–H groups in total. The number of benzene rings is 3. The molecule has 3 aromatic carbocycles. The molecule has 0 spiro atoms. The highest BCUT2D eigenvalue weighted by Gasteiger charge is 2.14. The van der Waals surface area contributed by atoms with Crippen LogP contribution in [0.2, 0.25) is 0 Å². The summed E-state index contributed by atoms with van der Waals surface area (Å²) in [6.07, 6.45) is 1.34. The molecular weight excluding hydrogens is 450 g/mol. The first-order valence-corrected chi connectivity index (χ1v) is 10.9. The number of hydrogen-bond acceptors (Lipinski definition) is 7. The first-order valence-electron chi connectivity index (χ1n) is 10.9. The highest BCUT2D eigenvalue weighted by Crippen LogP contribution is 2.29. The van der Waals surface area contributed by atoms with Gasteiger partial charge in [0.1, 0.15) is 5.75 Å². The van der Waals surface area contributed by atoms with E-state index in [0.717, 1.165) is 0 Å². The molecule has 0 heterocycles. The van der Waals surface area contributed by atoms with Crippen molar-refractivity contribution >= 4 is 29.7 Å². The molecule has 180 valence electrons. The van der Waals surface area contributed by atoms with Crippen molar-refractivity contribution in [3.05, 3.63) is 83.9 Å². The highest BCUT2D eigenvalue weighted by atomic mass is 16.6. The molecule has 0 unspecified atom stereocenters. The average molecular weight is 476 g/mol. The Balaban J connectivity index is 1.59. The zero-order chi connectivity index (χ0) is 25.0. The van der Waals surface area contributed by atoms with Gasteiger partial charge in [-0.05, 0) is 74.0 Å². The van der Waals surface area contributed by atoms with Gasteiger partial charge in [0.05, 0.1) is 25.0 Å². The van der Waals surface area contributed by atoms with E-state index in [1.807, 2.05) is 6.92 Å². The van der Waals surface area contributed by atoms with Gasteiger partial charge in [-0.15, -0.1) is 0 Å². The number of carbonyl (C=O) groups is 3. The number of ether oxygens (including phenoxy) is 3. The Labute approximate surface area is 202 Å². The lowest BCUT2D eigenvalue weighted by molar-refractivity contribution is -0.136.